The summed E-state index contributed by atoms with van der Waals surface area (Å²) in [5.74, 6) is 0.423. The topological polar surface area (TPSA) is 38.1 Å². The summed E-state index contributed by atoms with van der Waals surface area (Å²) in [4.78, 5) is 18.1. The monoisotopic (exact) mass is 241 g/mol. The van der Waals surface area contributed by atoms with Crippen LogP contribution in [0.4, 0.5) is 5.69 Å². The number of aromatic nitrogens is 2. The van der Waals surface area contributed by atoms with Crippen LogP contribution in [0.3, 0.4) is 0 Å². The van der Waals surface area contributed by atoms with Crippen LogP contribution in [-0.4, -0.2) is 22.0 Å². The summed E-state index contributed by atoms with van der Waals surface area (Å²) < 4.78 is 1.97. The SMILES string of the molecule is C=CC1CC(=O)N(c2ccc3c(c2)ncn3C)C1. The number of anilines is 1. The molecule has 1 saturated heterocycles. The highest BCUT2D eigenvalue weighted by Gasteiger charge is 2.28. The molecule has 1 fully saturated rings. The molecule has 2 heterocycles. The molecule has 0 N–H and O–H groups in total. The molecule has 0 bridgehead atoms. The van der Waals surface area contributed by atoms with E-state index in [0.717, 1.165) is 23.3 Å². The van der Waals surface area contributed by atoms with E-state index in [-0.39, 0.29) is 11.8 Å². The first-order chi connectivity index (χ1) is 8.69. The van der Waals surface area contributed by atoms with Gasteiger partial charge in [0.2, 0.25) is 5.91 Å². The molecule has 3 rings (SSSR count). The van der Waals surface area contributed by atoms with Crippen molar-refractivity contribution in [1.29, 1.82) is 0 Å². The van der Waals surface area contributed by atoms with Crippen molar-refractivity contribution in [2.45, 2.75) is 6.42 Å². The molecule has 1 unspecified atom stereocenters. The second-order valence-corrected chi connectivity index (χ2v) is 4.73. The molecular weight excluding hydrogens is 226 g/mol. The van der Waals surface area contributed by atoms with Crippen molar-refractivity contribution in [2.24, 2.45) is 13.0 Å². The summed E-state index contributed by atoms with van der Waals surface area (Å²) in [5, 5.41) is 0. The van der Waals surface area contributed by atoms with Gasteiger partial charge in [-0.05, 0) is 18.2 Å². The second-order valence-electron chi connectivity index (χ2n) is 4.73. The highest BCUT2D eigenvalue weighted by molar-refractivity contribution is 5.97. The van der Waals surface area contributed by atoms with Crippen molar-refractivity contribution in [1.82, 2.24) is 9.55 Å². The Hall–Kier alpha value is -2.10. The van der Waals surface area contributed by atoms with Crippen LogP contribution in [0.25, 0.3) is 11.0 Å². The lowest BCUT2D eigenvalue weighted by atomic mass is 10.1. The summed E-state index contributed by atoms with van der Waals surface area (Å²) >= 11 is 0. The van der Waals surface area contributed by atoms with Crippen molar-refractivity contribution >= 4 is 22.6 Å². The van der Waals surface area contributed by atoms with E-state index in [2.05, 4.69) is 11.6 Å². The van der Waals surface area contributed by atoms with Gasteiger partial charge in [0, 0.05) is 31.6 Å². The summed E-state index contributed by atoms with van der Waals surface area (Å²) in [7, 11) is 1.96. The maximum Gasteiger partial charge on any atom is 0.227 e. The molecule has 0 spiro atoms. The van der Waals surface area contributed by atoms with E-state index in [1.807, 2.05) is 40.8 Å². The van der Waals surface area contributed by atoms with Crippen LogP contribution in [-0.2, 0) is 11.8 Å². The fraction of sp³-hybridized carbons (Fsp3) is 0.286. The van der Waals surface area contributed by atoms with E-state index < -0.39 is 0 Å². The van der Waals surface area contributed by atoms with E-state index in [1.54, 1.807) is 6.33 Å². The lowest BCUT2D eigenvalue weighted by molar-refractivity contribution is -0.117. The Morgan fingerprint density at radius 1 is 1.50 bits per heavy atom. The molecule has 0 radical (unpaired) electrons. The van der Waals surface area contributed by atoms with Crippen LogP contribution < -0.4 is 4.90 Å². The van der Waals surface area contributed by atoms with Gasteiger partial charge in [-0.25, -0.2) is 4.98 Å². The smallest absolute Gasteiger partial charge is 0.227 e. The fourth-order valence-electron chi connectivity index (χ4n) is 2.44. The van der Waals surface area contributed by atoms with Crippen molar-refractivity contribution in [3.8, 4) is 0 Å². The number of nitrogens with zero attached hydrogens (tertiary/aromatic N) is 3. The highest BCUT2D eigenvalue weighted by atomic mass is 16.2. The Kier molecular flexibility index (Phi) is 2.44. The molecule has 1 amide bonds. The first-order valence-corrected chi connectivity index (χ1v) is 6.03. The van der Waals surface area contributed by atoms with Crippen LogP contribution in [0.2, 0.25) is 0 Å². The number of hydrogen-bond donors (Lipinski definition) is 0. The molecule has 0 aliphatic carbocycles. The van der Waals surface area contributed by atoms with Crippen molar-refractivity contribution in [3.63, 3.8) is 0 Å². The Morgan fingerprint density at radius 2 is 2.33 bits per heavy atom. The molecule has 2 aromatic rings. The Morgan fingerprint density at radius 3 is 3.06 bits per heavy atom. The van der Waals surface area contributed by atoms with Crippen molar-refractivity contribution in [3.05, 3.63) is 37.2 Å². The van der Waals surface area contributed by atoms with Gasteiger partial charge in [0.25, 0.3) is 0 Å². The number of fused-ring (bicyclic) bond motifs is 1. The van der Waals surface area contributed by atoms with Gasteiger partial charge >= 0.3 is 0 Å². The average Bonchev–Trinajstić information content (AvgIpc) is 2.93. The van der Waals surface area contributed by atoms with Crippen molar-refractivity contribution in [2.75, 3.05) is 11.4 Å². The van der Waals surface area contributed by atoms with Gasteiger partial charge in [-0.1, -0.05) is 6.08 Å². The molecule has 92 valence electrons. The summed E-state index contributed by atoms with van der Waals surface area (Å²) in [6.45, 7) is 4.49. The van der Waals surface area contributed by atoms with E-state index >= 15 is 0 Å². The van der Waals surface area contributed by atoms with Gasteiger partial charge in [-0.2, -0.15) is 0 Å². The zero-order valence-corrected chi connectivity index (χ0v) is 10.3. The highest BCUT2D eigenvalue weighted by Crippen LogP contribution is 2.27. The normalized spacial score (nSPS) is 19.7. The quantitative estimate of drug-likeness (QED) is 0.755. The predicted octanol–water partition coefficient (Wildman–Crippen LogP) is 2.11. The molecule has 1 atom stereocenters. The third-order valence-corrected chi connectivity index (χ3v) is 3.51. The third kappa shape index (κ3) is 1.61. The largest absolute Gasteiger partial charge is 0.334 e. The number of aryl methyl sites for hydroxylation is 1. The van der Waals surface area contributed by atoms with E-state index in [9.17, 15) is 4.79 Å². The Balaban J connectivity index is 1.99. The van der Waals surface area contributed by atoms with Gasteiger partial charge in [-0.15, -0.1) is 6.58 Å². The Bertz CT molecular complexity index is 629. The number of hydrogen-bond acceptors (Lipinski definition) is 2. The average molecular weight is 241 g/mol. The number of benzene rings is 1. The van der Waals surface area contributed by atoms with Gasteiger partial charge in [-0.3, -0.25) is 4.79 Å². The minimum absolute atomic E-state index is 0.162. The van der Waals surface area contributed by atoms with Crippen LogP contribution in [0, 0.1) is 5.92 Å². The van der Waals surface area contributed by atoms with Gasteiger partial charge in [0.05, 0.1) is 17.4 Å². The number of imidazole rings is 1. The molecular formula is C14H15N3O. The molecule has 1 aliphatic rings. The summed E-state index contributed by atoms with van der Waals surface area (Å²) in [6.07, 6.45) is 4.20. The van der Waals surface area contributed by atoms with Gasteiger partial charge in [0.15, 0.2) is 0 Å². The predicted molar refractivity (Wildman–Crippen MR) is 71.4 cm³/mol. The van der Waals surface area contributed by atoms with Crippen LogP contribution in [0.1, 0.15) is 6.42 Å². The third-order valence-electron chi connectivity index (χ3n) is 3.51. The summed E-state index contributed by atoms with van der Waals surface area (Å²) in [5.41, 5.74) is 2.92. The fourth-order valence-corrected chi connectivity index (χ4v) is 2.44. The number of rotatable bonds is 2. The maximum atomic E-state index is 11.9. The summed E-state index contributed by atoms with van der Waals surface area (Å²) in [6, 6.07) is 5.96. The Labute approximate surface area is 106 Å². The first-order valence-electron chi connectivity index (χ1n) is 6.03. The number of amides is 1. The molecule has 1 aromatic heterocycles. The zero-order chi connectivity index (χ0) is 12.7. The number of carbonyl (C=O) groups is 1. The minimum Gasteiger partial charge on any atom is -0.334 e. The maximum absolute atomic E-state index is 11.9. The van der Waals surface area contributed by atoms with Crippen molar-refractivity contribution < 1.29 is 4.79 Å². The van der Waals surface area contributed by atoms with Crippen LogP contribution in [0.5, 0.6) is 0 Å². The molecule has 4 nitrogen and oxygen atoms in total. The van der Waals surface area contributed by atoms with Crippen LogP contribution >= 0.6 is 0 Å². The molecule has 0 saturated carbocycles. The zero-order valence-electron chi connectivity index (χ0n) is 10.3. The minimum atomic E-state index is 0.162. The van der Waals surface area contributed by atoms with E-state index in [4.69, 9.17) is 0 Å². The lowest BCUT2D eigenvalue weighted by Gasteiger charge is -2.16. The first kappa shape index (κ1) is 11.0. The standard InChI is InChI=1S/C14H15N3O/c1-3-10-6-14(18)17(8-10)11-4-5-13-12(7-11)15-9-16(13)2/h3-5,7,9-10H,1,6,8H2,2H3. The van der Waals surface area contributed by atoms with Gasteiger partial charge in [0.1, 0.15) is 0 Å². The molecule has 18 heavy (non-hydrogen) atoms. The molecule has 4 heteroatoms. The van der Waals surface area contributed by atoms with Gasteiger partial charge < -0.3 is 9.47 Å². The molecule has 1 aliphatic heterocycles. The van der Waals surface area contributed by atoms with Crippen LogP contribution in [0.15, 0.2) is 37.2 Å². The lowest BCUT2D eigenvalue weighted by Crippen LogP contribution is -2.24. The van der Waals surface area contributed by atoms with E-state index in [1.165, 1.54) is 0 Å². The number of carbonyl (C=O) groups excluding carboxylic acids is 1. The second kappa shape index (κ2) is 3.98. The van der Waals surface area contributed by atoms with E-state index in [0.29, 0.717) is 6.42 Å². The molecule has 1 aromatic carbocycles.